The van der Waals surface area contributed by atoms with Crippen LogP contribution >= 0.6 is 0 Å². The van der Waals surface area contributed by atoms with Crippen LogP contribution in [0.5, 0.6) is 5.75 Å². The Balaban J connectivity index is 1.26. The number of amides is 2. The van der Waals surface area contributed by atoms with Crippen molar-refractivity contribution < 1.29 is 32.2 Å². The summed E-state index contributed by atoms with van der Waals surface area (Å²) in [4.78, 5) is 26.4. The normalized spacial score (nSPS) is 18.2. The molecule has 182 valence electrons. The number of fused-ring (bicyclic) bond motifs is 1. The van der Waals surface area contributed by atoms with Crippen LogP contribution in [-0.4, -0.2) is 55.7 Å². The van der Waals surface area contributed by atoms with Crippen LogP contribution in [0.4, 0.5) is 13.2 Å². The second-order valence-electron chi connectivity index (χ2n) is 8.54. The van der Waals surface area contributed by atoms with Crippen LogP contribution in [0.25, 0.3) is 0 Å². The number of benzene rings is 2. The van der Waals surface area contributed by atoms with Crippen LogP contribution in [0.3, 0.4) is 0 Å². The topological polar surface area (TPSA) is 67.9 Å². The molecule has 1 heterocycles. The summed E-state index contributed by atoms with van der Waals surface area (Å²) >= 11 is 0. The molecule has 2 aliphatic rings. The molecule has 6 nitrogen and oxygen atoms in total. The molecule has 0 unspecified atom stereocenters. The van der Waals surface area contributed by atoms with Gasteiger partial charge in [0.15, 0.2) is 0 Å². The summed E-state index contributed by atoms with van der Waals surface area (Å²) in [5.74, 6) is -0.288. The van der Waals surface area contributed by atoms with Gasteiger partial charge < -0.3 is 19.7 Å². The zero-order chi connectivity index (χ0) is 24.1. The van der Waals surface area contributed by atoms with E-state index in [0.717, 1.165) is 36.8 Å². The van der Waals surface area contributed by atoms with E-state index in [1.165, 1.54) is 30.0 Å². The Morgan fingerprint density at radius 3 is 2.68 bits per heavy atom. The van der Waals surface area contributed by atoms with Crippen molar-refractivity contribution in [1.29, 1.82) is 0 Å². The average Bonchev–Trinajstić information content (AvgIpc) is 2.85. The molecule has 0 bridgehead atoms. The molecule has 1 N–H and O–H groups in total. The molecule has 1 atom stereocenters. The van der Waals surface area contributed by atoms with Gasteiger partial charge in [0, 0.05) is 12.1 Å². The highest BCUT2D eigenvalue weighted by Crippen LogP contribution is 2.29. The molecule has 2 aromatic rings. The van der Waals surface area contributed by atoms with Gasteiger partial charge >= 0.3 is 6.18 Å². The monoisotopic (exact) mass is 476 g/mol. The van der Waals surface area contributed by atoms with Crippen molar-refractivity contribution in [3.05, 3.63) is 64.7 Å². The minimum absolute atomic E-state index is 0.152. The number of carbonyl (C=O) groups excluding carboxylic acids is 2. The van der Waals surface area contributed by atoms with E-state index in [9.17, 15) is 22.8 Å². The van der Waals surface area contributed by atoms with E-state index >= 15 is 0 Å². The van der Waals surface area contributed by atoms with E-state index in [0.29, 0.717) is 26.3 Å². The van der Waals surface area contributed by atoms with Crippen LogP contribution in [0.1, 0.15) is 39.9 Å². The Bertz CT molecular complexity index is 1040. The van der Waals surface area contributed by atoms with Gasteiger partial charge in [-0.05, 0) is 67.1 Å². The third-order valence-electron chi connectivity index (χ3n) is 6.10. The summed E-state index contributed by atoms with van der Waals surface area (Å²) in [7, 11) is 0. The van der Waals surface area contributed by atoms with E-state index in [4.69, 9.17) is 9.47 Å². The van der Waals surface area contributed by atoms with Crippen molar-refractivity contribution in [3.8, 4) is 5.75 Å². The summed E-state index contributed by atoms with van der Waals surface area (Å²) in [5, 5.41) is 2.41. The predicted octanol–water partition coefficient (Wildman–Crippen LogP) is 3.62. The summed E-state index contributed by atoms with van der Waals surface area (Å²) < 4.78 is 50.2. The maximum atomic E-state index is 12.9. The van der Waals surface area contributed by atoms with Gasteiger partial charge in [-0.25, -0.2) is 0 Å². The first kappa shape index (κ1) is 24.1. The van der Waals surface area contributed by atoms with Gasteiger partial charge in [-0.15, -0.1) is 0 Å². The van der Waals surface area contributed by atoms with E-state index in [-0.39, 0.29) is 24.1 Å². The zero-order valence-electron chi connectivity index (χ0n) is 18.7. The van der Waals surface area contributed by atoms with Crippen molar-refractivity contribution in [1.82, 2.24) is 10.2 Å². The van der Waals surface area contributed by atoms with Gasteiger partial charge in [-0.1, -0.05) is 12.1 Å². The molecule has 4 rings (SSSR count). The fourth-order valence-corrected chi connectivity index (χ4v) is 4.24. The van der Waals surface area contributed by atoms with Gasteiger partial charge in [0.05, 0.1) is 25.3 Å². The number of morpholine rings is 1. The molecule has 2 amide bonds. The number of hydrogen-bond donors (Lipinski definition) is 1. The van der Waals surface area contributed by atoms with Crippen molar-refractivity contribution >= 4 is 11.8 Å². The number of halogens is 3. The van der Waals surface area contributed by atoms with Crippen LogP contribution in [-0.2, 0) is 28.5 Å². The third kappa shape index (κ3) is 6.08. The number of nitrogens with zero attached hydrogens (tertiary/aromatic N) is 1. The Labute approximate surface area is 196 Å². The largest absolute Gasteiger partial charge is 0.491 e. The fourth-order valence-electron chi connectivity index (χ4n) is 4.24. The molecule has 1 saturated heterocycles. The molecule has 34 heavy (non-hydrogen) atoms. The number of nitrogens with one attached hydrogen (secondary N) is 1. The van der Waals surface area contributed by atoms with Gasteiger partial charge in [0.2, 0.25) is 5.91 Å². The predicted molar refractivity (Wildman–Crippen MR) is 119 cm³/mol. The molecular formula is C25H27F3N2O4. The maximum Gasteiger partial charge on any atom is 0.416 e. The Morgan fingerprint density at radius 2 is 1.88 bits per heavy atom. The van der Waals surface area contributed by atoms with Crippen LogP contribution < -0.4 is 10.1 Å². The molecule has 0 saturated carbocycles. The molecule has 1 fully saturated rings. The van der Waals surface area contributed by atoms with Crippen molar-refractivity contribution in [2.45, 2.75) is 38.0 Å². The van der Waals surface area contributed by atoms with Crippen LogP contribution in [0, 0.1) is 0 Å². The number of hydrogen-bond acceptors (Lipinski definition) is 4. The van der Waals surface area contributed by atoms with Gasteiger partial charge in [-0.2, -0.15) is 13.2 Å². The lowest BCUT2D eigenvalue weighted by molar-refractivity contribution is -0.139. The van der Waals surface area contributed by atoms with Crippen molar-refractivity contribution in [3.63, 3.8) is 0 Å². The van der Waals surface area contributed by atoms with Crippen molar-refractivity contribution in [2.75, 3.05) is 32.8 Å². The molecule has 0 radical (unpaired) electrons. The molecule has 2 aromatic carbocycles. The lowest BCUT2D eigenvalue weighted by Crippen LogP contribution is -2.50. The minimum atomic E-state index is -4.55. The molecule has 1 aliphatic heterocycles. The highest BCUT2D eigenvalue weighted by molar-refractivity contribution is 5.96. The highest BCUT2D eigenvalue weighted by atomic mass is 19.4. The first-order valence-electron chi connectivity index (χ1n) is 11.4. The van der Waals surface area contributed by atoms with Crippen LogP contribution in [0.15, 0.2) is 42.5 Å². The second kappa shape index (κ2) is 10.5. The van der Waals surface area contributed by atoms with E-state index < -0.39 is 17.6 Å². The smallest absolute Gasteiger partial charge is 0.416 e. The Kier molecular flexibility index (Phi) is 7.41. The first-order chi connectivity index (χ1) is 16.3. The standard InChI is InChI=1S/C25H27F3N2O4/c26-25(27,28)20-7-3-6-19(12-20)24(32)29-14-23(31)30-10-11-33-22(15-30)16-34-21-9-8-17-4-1-2-5-18(17)13-21/h3,6-9,12-13,22H,1-2,4-5,10-11,14-16H2,(H,29,32)/t22-/m0/s1. The molecule has 0 spiro atoms. The SMILES string of the molecule is O=C(NCC(=O)N1CCO[C@H](COc2ccc3c(c2)CCCC3)C1)c1cccc(C(F)(F)F)c1. The zero-order valence-corrected chi connectivity index (χ0v) is 18.7. The highest BCUT2D eigenvalue weighted by Gasteiger charge is 2.31. The van der Waals surface area contributed by atoms with E-state index in [1.807, 2.05) is 6.07 Å². The summed E-state index contributed by atoms with van der Waals surface area (Å²) in [6.45, 7) is 0.995. The second-order valence-corrected chi connectivity index (χ2v) is 8.54. The number of rotatable bonds is 6. The Morgan fingerprint density at radius 1 is 1.09 bits per heavy atom. The third-order valence-corrected chi connectivity index (χ3v) is 6.10. The van der Waals surface area contributed by atoms with Crippen molar-refractivity contribution in [2.24, 2.45) is 0 Å². The van der Waals surface area contributed by atoms with E-state index in [2.05, 4.69) is 17.4 Å². The number of alkyl halides is 3. The number of ether oxygens (including phenoxy) is 2. The fraction of sp³-hybridized carbons (Fsp3) is 0.440. The lowest BCUT2D eigenvalue weighted by atomic mass is 9.92. The molecule has 0 aromatic heterocycles. The Hall–Kier alpha value is -3.07. The summed E-state index contributed by atoms with van der Waals surface area (Å²) in [6.07, 6.45) is -0.301. The van der Waals surface area contributed by atoms with E-state index in [1.54, 1.807) is 4.90 Å². The quantitative estimate of drug-likeness (QED) is 0.692. The number of carbonyl (C=O) groups is 2. The first-order valence-corrected chi connectivity index (χ1v) is 11.4. The molecule has 1 aliphatic carbocycles. The van der Waals surface area contributed by atoms with Gasteiger partial charge in [0.25, 0.3) is 5.91 Å². The summed E-state index contributed by atoms with van der Waals surface area (Å²) in [6, 6.07) is 10.2. The van der Waals surface area contributed by atoms with Gasteiger partial charge in [-0.3, -0.25) is 9.59 Å². The molecular weight excluding hydrogens is 449 g/mol. The molecule has 9 heteroatoms. The lowest BCUT2D eigenvalue weighted by Gasteiger charge is -2.33. The number of aryl methyl sites for hydroxylation is 2. The van der Waals surface area contributed by atoms with Gasteiger partial charge in [0.1, 0.15) is 18.5 Å². The maximum absolute atomic E-state index is 12.9. The average molecular weight is 476 g/mol. The minimum Gasteiger partial charge on any atom is -0.491 e. The van der Waals surface area contributed by atoms with Crippen LogP contribution in [0.2, 0.25) is 0 Å². The summed E-state index contributed by atoms with van der Waals surface area (Å²) in [5.41, 5.74) is 1.63.